The molecule has 2 aromatic rings. The highest BCUT2D eigenvalue weighted by molar-refractivity contribution is 9.11. The molecule has 1 N–H and O–H groups in total. The monoisotopic (exact) mass is 357 g/mol. The molecule has 0 aliphatic carbocycles. The van der Waals surface area contributed by atoms with Crippen molar-refractivity contribution in [1.82, 2.24) is 0 Å². The number of anilines is 1. The Labute approximate surface area is 116 Å². The van der Waals surface area contributed by atoms with Crippen LogP contribution in [-0.2, 0) is 6.54 Å². The highest BCUT2D eigenvalue weighted by atomic mass is 79.9. The third kappa shape index (κ3) is 3.30. The second kappa shape index (κ2) is 5.65. The maximum atomic E-state index is 13.4. The SMILES string of the molecule is Fc1ccccc1CNc1cc(Br)ccc1Br. The van der Waals surface area contributed by atoms with Gasteiger partial charge in [0, 0.05) is 26.7 Å². The van der Waals surface area contributed by atoms with Crippen LogP contribution in [0.25, 0.3) is 0 Å². The molecule has 0 amide bonds. The van der Waals surface area contributed by atoms with Crippen molar-refractivity contribution in [2.45, 2.75) is 6.54 Å². The van der Waals surface area contributed by atoms with Gasteiger partial charge >= 0.3 is 0 Å². The molecule has 0 saturated carbocycles. The molecule has 0 atom stereocenters. The molecule has 17 heavy (non-hydrogen) atoms. The molecule has 4 heteroatoms. The largest absolute Gasteiger partial charge is 0.380 e. The molecule has 0 bridgehead atoms. The third-order valence-electron chi connectivity index (χ3n) is 2.36. The van der Waals surface area contributed by atoms with Crippen molar-refractivity contribution in [3.63, 3.8) is 0 Å². The number of nitrogens with one attached hydrogen (secondary N) is 1. The Bertz CT molecular complexity index is 529. The van der Waals surface area contributed by atoms with Crippen LogP contribution in [0.4, 0.5) is 10.1 Å². The fourth-order valence-corrected chi connectivity index (χ4v) is 2.21. The van der Waals surface area contributed by atoms with Gasteiger partial charge in [0.05, 0.1) is 0 Å². The van der Waals surface area contributed by atoms with Crippen molar-refractivity contribution in [3.05, 3.63) is 62.8 Å². The zero-order chi connectivity index (χ0) is 12.3. The van der Waals surface area contributed by atoms with E-state index >= 15 is 0 Å². The average Bonchev–Trinajstić information content (AvgIpc) is 2.32. The van der Waals surface area contributed by atoms with Gasteiger partial charge in [-0.15, -0.1) is 0 Å². The molecular formula is C13H10Br2FN. The fraction of sp³-hybridized carbons (Fsp3) is 0.0769. The minimum atomic E-state index is -0.189. The predicted molar refractivity (Wildman–Crippen MR) is 75.6 cm³/mol. The Morgan fingerprint density at radius 2 is 1.82 bits per heavy atom. The summed E-state index contributed by atoms with van der Waals surface area (Å²) in [6.45, 7) is 0.460. The highest BCUT2D eigenvalue weighted by Gasteiger charge is 2.03. The van der Waals surface area contributed by atoms with Crippen LogP contribution in [0.1, 0.15) is 5.56 Å². The van der Waals surface area contributed by atoms with Crippen LogP contribution >= 0.6 is 31.9 Å². The molecule has 2 aromatic carbocycles. The number of rotatable bonds is 3. The summed E-state index contributed by atoms with van der Waals surface area (Å²) < 4.78 is 15.3. The molecule has 0 fully saturated rings. The van der Waals surface area contributed by atoms with Crippen LogP contribution in [-0.4, -0.2) is 0 Å². The zero-order valence-corrected chi connectivity index (χ0v) is 12.1. The minimum Gasteiger partial charge on any atom is -0.380 e. The van der Waals surface area contributed by atoms with Gasteiger partial charge in [0.25, 0.3) is 0 Å². The first-order chi connectivity index (χ1) is 8.16. The first-order valence-corrected chi connectivity index (χ1v) is 6.68. The van der Waals surface area contributed by atoms with Gasteiger partial charge in [-0.1, -0.05) is 34.1 Å². The lowest BCUT2D eigenvalue weighted by atomic mass is 10.2. The van der Waals surface area contributed by atoms with Crippen LogP contribution in [0, 0.1) is 5.82 Å². The van der Waals surface area contributed by atoms with Gasteiger partial charge < -0.3 is 5.32 Å². The summed E-state index contributed by atoms with van der Waals surface area (Å²) in [5.41, 5.74) is 1.59. The molecule has 0 aliphatic rings. The lowest BCUT2D eigenvalue weighted by Crippen LogP contribution is -2.02. The van der Waals surface area contributed by atoms with Gasteiger partial charge in [0.2, 0.25) is 0 Å². The molecule has 1 nitrogen and oxygen atoms in total. The first kappa shape index (κ1) is 12.6. The number of hydrogen-bond acceptors (Lipinski definition) is 1. The van der Waals surface area contributed by atoms with Crippen LogP contribution in [0.3, 0.4) is 0 Å². The highest BCUT2D eigenvalue weighted by Crippen LogP contribution is 2.26. The standard InChI is InChI=1S/C13H10Br2FN/c14-10-5-6-11(15)13(7-10)17-8-9-3-1-2-4-12(9)16/h1-7,17H,8H2. The van der Waals surface area contributed by atoms with E-state index < -0.39 is 0 Å². The molecule has 0 spiro atoms. The quantitative estimate of drug-likeness (QED) is 0.817. The summed E-state index contributed by atoms with van der Waals surface area (Å²) in [5, 5.41) is 3.19. The maximum absolute atomic E-state index is 13.4. The van der Waals surface area contributed by atoms with Gasteiger partial charge in [-0.25, -0.2) is 4.39 Å². The normalized spacial score (nSPS) is 10.3. The summed E-state index contributed by atoms with van der Waals surface area (Å²) >= 11 is 6.85. The van der Waals surface area contributed by atoms with Gasteiger partial charge in [-0.05, 0) is 40.2 Å². The van der Waals surface area contributed by atoms with E-state index in [1.807, 2.05) is 24.3 Å². The molecule has 0 unspecified atom stereocenters. The number of halogens is 3. The summed E-state index contributed by atoms with van der Waals surface area (Å²) in [5.74, 6) is -0.189. The van der Waals surface area contributed by atoms with Crippen molar-refractivity contribution >= 4 is 37.5 Å². The molecule has 0 aliphatic heterocycles. The lowest BCUT2D eigenvalue weighted by Gasteiger charge is -2.09. The molecule has 0 saturated heterocycles. The van der Waals surface area contributed by atoms with Crippen LogP contribution in [0.2, 0.25) is 0 Å². The smallest absolute Gasteiger partial charge is 0.128 e. The number of hydrogen-bond donors (Lipinski definition) is 1. The van der Waals surface area contributed by atoms with E-state index in [1.54, 1.807) is 12.1 Å². The van der Waals surface area contributed by atoms with E-state index in [4.69, 9.17) is 0 Å². The van der Waals surface area contributed by atoms with E-state index in [1.165, 1.54) is 6.07 Å². The van der Waals surface area contributed by atoms with Crippen molar-refractivity contribution in [1.29, 1.82) is 0 Å². The Kier molecular flexibility index (Phi) is 4.18. The van der Waals surface area contributed by atoms with E-state index in [0.29, 0.717) is 12.1 Å². The van der Waals surface area contributed by atoms with Crippen LogP contribution in [0.5, 0.6) is 0 Å². The molecular weight excluding hydrogens is 349 g/mol. The predicted octanol–water partition coefficient (Wildman–Crippen LogP) is 4.96. The van der Waals surface area contributed by atoms with E-state index in [0.717, 1.165) is 14.6 Å². The molecule has 0 heterocycles. The molecule has 0 aromatic heterocycles. The van der Waals surface area contributed by atoms with E-state index in [-0.39, 0.29) is 5.82 Å². The first-order valence-electron chi connectivity index (χ1n) is 5.09. The van der Waals surface area contributed by atoms with Crippen molar-refractivity contribution in [3.8, 4) is 0 Å². The van der Waals surface area contributed by atoms with Crippen LogP contribution < -0.4 is 5.32 Å². The summed E-state index contributed by atoms with van der Waals surface area (Å²) in [6.07, 6.45) is 0. The zero-order valence-electron chi connectivity index (χ0n) is 8.88. The second-order valence-corrected chi connectivity index (χ2v) is 5.34. The Hall–Kier alpha value is -0.870. The molecule has 88 valence electrons. The topological polar surface area (TPSA) is 12.0 Å². The van der Waals surface area contributed by atoms with Crippen molar-refractivity contribution in [2.75, 3.05) is 5.32 Å². The van der Waals surface area contributed by atoms with Gasteiger partial charge in [-0.2, -0.15) is 0 Å². The summed E-state index contributed by atoms with van der Waals surface area (Å²) in [7, 11) is 0. The Morgan fingerprint density at radius 1 is 1.06 bits per heavy atom. The summed E-state index contributed by atoms with van der Waals surface area (Å²) in [6, 6.07) is 12.6. The van der Waals surface area contributed by atoms with Gasteiger partial charge in [0.1, 0.15) is 5.82 Å². The fourth-order valence-electron chi connectivity index (χ4n) is 1.47. The molecule has 0 radical (unpaired) electrons. The van der Waals surface area contributed by atoms with Gasteiger partial charge in [0.15, 0.2) is 0 Å². The number of benzene rings is 2. The third-order valence-corrected chi connectivity index (χ3v) is 3.54. The Morgan fingerprint density at radius 3 is 2.59 bits per heavy atom. The second-order valence-electron chi connectivity index (χ2n) is 3.57. The van der Waals surface area contributed by atoms with Crippen molar-refractivity contribution < 1.29 is 4.39 Å². The van der Waals surface area contributed by atoms with Crippen LogP contribution in [0.15, 0.2) is 51.4 Å². The maximum Gasteiger partial charge on any atom is 0.128 e. The minimum absolute atomic E-state index is 0.189. The van der Waals surface area contributed by atoms with Crippen molar-refractivity contribution in [2.24, 2.45) is 0 Å². The van der Waals surface area contributed by atoms with E-state index in [9.17, 15) is 4.39 Å². The lowest BCUT2D eigenvalue weighted by molar-refractivity contribution is 0.613. The molecule has 2 rings (SSSR count). The van der Waals surface area contributed by atoms with Gasteiger partial charge in [-0.3, -0.25) is 0 Å². The average molecular weight is 359 g/mol. The van der Waals surface area contributed by atoms with E-state index in [2.05, 4.69) is 37.2 Å². The Balaban J connectivity index is 2.12. The summed E-state index contributed by atoms with van der Waals surface area (Å²) in [4.78, 5) is 0.